The zero-order valence-electron chi connectivity index (χ0n) is 12.6. The first-order chi connectivity index (χ1) is 9.47. The lowest BCUT2D eigenvalue weighted by Gasteiger charge is -2.36. The Hall–Kier alpha value is -0.580. The van der Waals surface area contributed by atoms with Crippen LogP contribution in [0.4, 0.5) is 5.69 Å². The van der Waals surface area contributed by atoms with Crippen molar-refractivity contribution < 1.29 is 5.11 Å². The average molecular weight is 341 g/mol. The molecule has 0 aromatic heterocycles. The Kier molecular flexibility index (Phi) is 5.47. The summed E-state index contributed by atoms with van der Waals surface area (Å²) in [4.78, 5) is 2.36. The van der Waals surface area contributed by atoms with Gasteiger partial charge in [-0.1, -0.05) is 26.8 Å². The highest BCUT2D eigenvalue weighted by Crippen LogP contribution is 2.31. The van der Waals surface area contributed by atoms with Gasteiger partial charge < -0.3 is 15.3 Å². The molecule has 1 aliphatic heterocycles. The van der Waals surface area contributed by atoms with Crippen LogP contribution in [-0.2, 0) is 6.54 Å². The highest BCUT2D eigenvalue weighted by Gasteiger charge is 2.25. The number of anilines is 1. The highest BCUT2D eigenvalue weighted by molar-refractivity contribution is 9.10. The molecular weight excluding hydrogens is 316 g/mol. The largest absolute Gasteiger partial charge is 0.393 e. The Labute approximate surface area is 130 Å². The van der Waals surface area contributed by atoms with E-state index in [1.54, 1.807) is 0 Å². The number of rotatable bonds is 4. The van der Waals surface area contributed by atoms with E-state index in [0.717, 1.165) is 30.5 Å². The van der Waals surface area contributed by atoms with Crippen molar-refractivity contribution in [1.82, 2.24) is 5.32 Å². The molecule has 1 saturated heterocycles. The second-order valence-corrected chi connectivity index (χ2v) is 6.96. The summed E-state index contributed by atoms with van der Waals surface area (Å²) in [6, 6.07) is 7.06. The maximum Gasteiger partial charge on any atom is 0.0599 e. The smallest absolute Gasteiger partial charge is 0.0599 e. The molecule has 4 heteroatoms. The number of halogens is 1. The summed E-state index contributed by atoms with van der Waals surface area (Å²) in [7, 11) is 0. The van der Waals surface area contributed by atoms with E-state index >= 15 is 0 Å². The van der Waals surface area contributed by atoms with Gasteiger partial charge >= 0.3 is 0 Å². The van der Waals surface area contributed by atoms with Crippen molar-refractivity contribution in [2.75, 3.05) is 18.0 Å². The Morgan fingerprint density at radius 2 is 2.20 bits per heavy atom. The predicted molar refractivity (Wildman–Crippen MR) is 88.1 cm³/mol. The molecule has 0 amide bonds. The van der Waals surface area contributed by atoms with Crippen molar-refractivity contribution in [3.05, 3.63) is 28.2 Å². The number of hydrogen-bond acceptors (Lipinski definition) is 3. The van der Waals surface area contributed by atoms with Gasteiger partial charge in [-0.2, -0.15) is 0 Å². The zero-order valence-corrected chi connectivity index (χ0v) is 14.2. The second-order valence-electron chi connectivity index (χ2n) is 6.10. The van der Waals surface area contributed by atoms with E-state index in [-0.39, 0.29) is 6.10 Å². The molecule has 1 fully saturated rings. The van der Waals surface area contributed by atoms with Crippen LogP contribution in [0.3, 0.4) is 0 Å². The van der Waals surface area contributed by atoms with Crippen molar-refractivity contribution in [3.8, 4) is 0 Å². The number of piperidine rings is 1. The lowest BCUT2D eigenvalue weighted by Crippen LogP contribution is -2.42. The Bertz CT molecular complexity index is 450. The van der Waals surface area contributed by atoms with E-state index in [9.17, 15) is 5.11 Å². The first-order valence-corrected chi connectivity index (χ1v) is 8.21. The Balaban J connectivity index is 2.06. The van der Waals surface area contributed by atoms with E-state index in [2.05, 4.69) is 65.1 Å². The third-order valence-electron chi connectivity index (χ3n) is 3.93. The molecule has 2 unspecified atom stereocenters. The summed E-state index contributed by atoms with van der Waals surface area (Å²) >= 11 is 3.69. The van der Waals surface area contributed by atoms with Crippen molar-refractivity contribution >= 4 is 21.6 Å². The normalized spacial score (nSPS) is 23.4. The summed E-state index contributed by atoms with van der Waals surface area (Å²) in [6.07, 6.45) is 0.698. The van der Waals surface area contributed by atoms with Crippen LogP contribution >= 0.6 is 15.9 Å². The molecule has 2 N–H and O–H groups in total. The average Bonchev–Trinajstić information content (AvgIpc) is 2.40. The fourth-order valence-electron chi connectivity index (χ4n) is 2.59. The highest BCUT2D eigenvalue weighted by atomic mass is 79.9. The summed E-state index contributed by atoms with van der Waals surface area (Å²) in [5, 5.41) is 13.3. The van der Waals surface area contributed by atoms with Crippen LogP contribution in [0.2, 0.25) is 0 Å². The maximum atomic E-state index is 9.83. The third kappa shape index (κ3) is 3.96. The molecular formula is C16H25BrN2O. The number of benzene rings is 1. The molecule has 1 aromatic rings. The molecule has 3 nitrogen and oxygen atoms in total. The first kappa shape index (κ1) is 15.8. The van der Waals surface area contributed by atoms with Gasteiger partial charge in [-0.05, 0) is 46.0 Å². The second kappa shape index (κ2) is 6.92. The standard InChI is InChI=1S/C16H25BrN2O/c1-11(2)18-9-13-4-5-15(14(17)8-13)19-7-6-16(20)12(3)10-19/h4-5,8,11-12,16,18,20H,6-7,9-10H2,1-3H3. The molecule has 1 aliphatic rings. The lowest BCUT2D eigenvalue weighted by atomic mass is 9.96. The van der Waals surface area contributed by atoms with Gasteiger partial charge in [-0.3, -0.25) is 0 Å². The van der Waals surface area contributed by atoms with Crippen LogP contribution in [0, 0.1) is 5.92 Å². The number of aliphatic hydroxyl groups excluding tert-OH is 1. The van der Waals surface area contributed by atoms with Gasteiger partial charge in [0.25, 0.3) is 0 Å². The van der Waals surface area contributed by atoms with Gasteiger partial charge in [0, 0.05) is 30.1 Å². The molecule has 0 radical (unpaired) electrons. The van der Waals surface area contributed by atoms with E-state index in [1.165, 1.54) is 11.3 Å². The van der Waals surface area contributed by atoms with Crippen LogP contribution in [-0.4, -0.2) is 30.3 Å². The SMILES string of the molecule is CC(C)NCc1ccc(N2CCC(O)C(C)C2)c(Br)c1. The van der Waals surface area contributed by atoms with Crippen LogP contribution in [0.5, 0.6) is 0 Å². The van der Waals surface area contributed by atoms with Crippen molar-refractivity contribution in [1.29, 1.82) is 0 Å². The fraction of sp³-hybridized carbons (Fsp3) is 0.625. The summed E-state index contributed by atoms with van der Waals surface area (Å²) < 4.78 is 1.14. The van der Waals surface area contributed by atoms with Crippen molar-refractivity contribution in [2.45, 2.75) is 45.9 Å². The molecule has 0 bridgehead atoms. The fourth-order valence-corrected chi connectivity index (χ4v) is 3.27. The van der Waals surface area contributed by atoms with E-state index < -0.39 is 0 Å². The minimum absolute atomic E-state index is 0.153. The number of aliphatic hydroxyl groups is 1. The quantitative estimate of drug-likeness (QED) is 0.883. The molecule has 0 saturated carbocycles. The summed E-state index contributed by atoms with van der Waals surface area (Å²) in [5.41, 5.74) is 2.52. The van der Waals surface area contributed by atoms with Crippen LogP contribution in [0.25, 0.3) is 0 Å². The van der Waals surface area contributed by atoms with E-state index in [0.29, 0.717) is 12.0 Å². The van der Waals surface area contributed by atoms with Crippen LogP contribution in [0.1, 0.15) is 32.8 Å². The van der Waals surface area contributed by atoms with Crippen LogP contribution < -0.4 is 10.2 Å². The molecule has 0 spiro atoms. The number of hydrogen-bond donors (Lipinski definition) is 2. The van der Waals surface area contributed by atoms with Gasteiger partial charge in [0.15, 0.2) is 0 Å². The minimum atomic E-state index is -0.153. The molecule has 20 heavy (non-hydrogen) atoms. The monoisotopic (exact) mass is 340 g/mol. The van der Waals surface area contributed by atoms with Gasteiger partial charge in [0.1, 0.15) is 0 Å². The summed E-state index contributed by atoms with van der Waals surface area (Å²) in [6.45, 7) is 9.17. The Morgan fingerprint density at radius 3 is 2.80 bits per heavy atom. The van der Waals surface area contributed by atoms with Gasteiger partial charge in [-0.25, -0.2) is 0 Å². The third-order valence-corrected chi connectivity index (χ3v) is 4.56. The Morgan fingerprint density at radius 1 is 1.45 bits per heavy atom. The predicted octanol–water partition coefficient (Wildman–Crippen LogP) is 3.15. The molecule has 0 aliphatic carbocycles. The number of nitrogens with one attached hydrogen (secondary N) is 1. The van der Waals surface area contributed by atoms with E-state index in [4.69, 9.17) is 0 Å². The first-order valence-electron chi connectivity index (χ1n) is 7.42. The molecule has 1 heterocycles. The molecule has 1 aromatic carbocycles. The van der Waals surface area contributed by atoms with Crippen molar-refractivity contribution in [3.63, 3.8) is 0 Å². The topological polar surface area (TPSA) is 35.5 Å². The van der Waals surface area contributed by atoms with Crippen molar-refractivity contribution in [2.24, 2.45) is 5.92 Å². The van der Waals surface area contributed by atoms with Gasteiger partial charge in [-0.15, -0.1) is 0 Å². The molecule has 112 valence electrons. The zero-order chi connectivity index (χ0) is 14.7. The molecule has 2 rings (SSSR count). The van der Waals surface area contributed by atoms with Gasteiger partial charge in [0.05, 0.1) is 11.8 Å². The number of nitrogens with zero attached hydrogens (tertiary/aromatic N) is 1. The molecule has 2 atom stereocenters. The summed E-state index contributed by atoms with van der Waals surface area (Å²) in [5.74, 6) is 0.331. The van der Waals surface area contributed by atoms with E-state index in [1.807, 2.05) is 0 Å². The van der Waals surface area contributed by atoms with Crippen LogP contribution in [0.15, 0.2) is 22.7 Å². The minimum Gasteiger partial charge on any atom is -0.393 e. The lowest BCUT2D eigenvalue weighted by molar-refractivity contribution is 0.0970. The maximum absolute atomic E-state index is 9.83. The van der Waals surface area contributed by atoms with Gasteiger partial charge in [0.2, 0.25) is 0 Å².